The van der Waals surface area contributed by atoms with Gasteiger partial charge in [-0.25, -0.2) is 0 Å². The maximum atomic E-state index is 5.39. The largest absolute Gasteiger partial charge is 0.330 e. The molecule has 48 valence electrons. The predicted octanol–water partition coefficient (Wildman–Crippen LogP) is 1.24. The van der Waals surface area contributed by atoms with E-state index >= 15 is 0 Å². The van der Waals surface area contributed by atoms with Crippen molar-refractivity contribution in [2.75, 3.05) is 6.54 Å². The fourth-order valence-corrected chi connectivity index (χ4v) is 1.48. The van der Waals surface area contributed by atoms with Crippen LogP contribution < -0.4 is 5.73 Å². The molecule has 8 heavy (non-hydrogen) atoms. The van der Waals surface area contributed by atoms with Crippen LogP contribution in [-0.2, 0) is 0 Å². The Hall–Kier alpha value is -0.0400. The third-order valence-electron chi connectivity index (χ3n) is 2.54. The van der Waals surface area contributed by atoms with Crippen LogP contribution in [0.15, 0.2) is 0 Å². The molecular weight excluding hydrogens is 98.1 g/mol. The van der Waals surface area contributed by atoms with Crippen LogP contribution in [0.1, 0.15) is 20.3 Å². The minimum absolute atomic E-state index is 0.874. The summed E-state index contributed by atoms with van der Waals surface area (Å²) in [5, 5.41) is 0. The molecule has 1 fully saturated rings. The Kier molecular flexibility index (Phi) is 1.57. The molecule has 1 rings (SSSR count). The Bertz CT molecular complexity index is 72.5. The van der Waals surface area contributed by atoms with E-state index in [0.717, 1.165) is 24.3 Å². The predicted molar refractivity (Wildman–Crippen MR) is 35.5 cm³/mol. The van der Waals surface area contributed by atoms with E-state index in [1.54, 1.807) is 0 Å². The normalized spacial score (nSPS) is 44.6. The van der Waals surface area contributed by atoms with Crippen LogP contribution in [0.25, 0.3) is 0 Å². The first-order chi connectivity index (χ1) is 3.77. The topological polar surface area (TPSA) is 26.0 Å². The van der Waals surface area contributed by atoms with E-state index in [4.69, 9.17) is 5.73 Å². The molecular formula is C7H15N. The highest BCUT2D eigenvalue weighted by atomic mass is 14.6. The van der Waals surface area contributed by atoms with Crippen molar-refractivity contribution in [3.05, 3.63) is 0 Å². The summed E-state index contributed by atoms with van der Waals surface area (Å²) in [6, 6.07) is 0. The molecule has 0 saturated heterocycles. The summed E-state index contributed by atoms with van der Waals surface area (Å²) in [5.74, 6) is 2.87. The Morgan fingerprint density at radius 3 is 1.88 bits per heavy atom. The highest BCUT2D eigenvalue weighted by Gasteiger charge is 2.41. The molecule has 0 bridgehead atoms. The van der Waals surface area contributed by atoms with Crippen molar-refractivity contribution in [1.82, 2.24) is 0 Å². The average molecular weight is 113 g/mol. The summed E-state index contributed by atoms with van der Waals surface area (Å²) < 4.78 is 0. The molecule has 2 N–H and O–H groups in total. The molecule has 0 aromatic heterocycles. The maximum Gasteiger partial charge on any atom is -0.00744 e. The zero-order valence-electron chi connectivity index (χ0n) is 5.72. The lowest BCUT2D eigenvalue weighted by molar-refractivity contribution is 0.667. The molecule has 0 heterocycles. The first-order valence-electron chi connectivity index (χ1n) is 3.47. The van der Waals surface area contributed by atoms with Crippen molar-refractivity contribution >= 4 is 0 Å². The van der Waals surface area contributed by atoms with E-state index in [9.17, 15) is 0 Å². The second-order valence-corrected chi connectivity index (χ2v) is 2.96. The van der Waals surface area contributed by atoms with Gasteiger partial charge in [-0.15, -0.1) is 0 Å². The molecule has 1 heteroatoms. The van der Waals surface area contributed by atoms with Crippen LogP contribution in [0.5, 0.6) is 0 Å². The van der Waals surface area contributed by atoms with Gasteiger partial charge in [0, 0.05) is 0 Å². The Labute approximate surface area is 51.3 Å². The molecule has 0 spiro atoms. The van der Waals surface area contributed by atoms with Gasteiger partial charge in [-0.3, -0.25) is 0 Å². The van der Waals surface area contributed by atoms with Crippen molar-refractivity contribution in [3.8, 4) is 0 Å². The third kappa shape index (κ3) is 0.873. The standard InChI is InChI=1S/C7H15N/c1-5-6(2)7(5)3-4-8/h5-7H,3-4,8H2,1-2H3/t5-,6-/m0/s1. The summed E-state index contributed by atoms with van der Waals surface area (Å²) >= 11 is 0. The highest BCUT2D eigenvalue weighted by molar-refractivity contribution is 4.90. The molecule has 0 amide bonds. The zero-order valence-corrected chi connectivity index (χ0v) is 5.72. The van der Waals surface area contributed by atoms with E-state index < -0.39 is 0 Å². The Morgan fingerprint density at radius 1 is 1.25 bits per heavy atom. The van der Waals surface area contributed by atoms with Crippen LogP contribution in [0, 0.1) is 17.8 Å². The van der Waals surface area contributed by atoms with Gasteiger partial charge in [-0.05, 0) is 30.7 Å². The van der Waals surface area contributed by atoms with Gasteiger partial charge in [0.05, 0.1) is 0 Å². The van der Waals surface area contributed by atoms with Gasteiger partial charge < -0.3 is 5.73 Å². The molecule has 1 aliphatic carbocycles. The molecule has 0 aromatic carbocycles. The third-order valence-corrected chi connectivity index (χ3v) is 2.54. The number of hydrogen-bond acceptors (Lipinski definition) is 1. The van der Waals surface area contributed by atoms with Gasteiger partial charge >= 0.3 is 0 Å². The van der Waals surface area contributed by atoms with E-state index in [-0.39, 0.29) is 0 Å². The molecule has 2 atom stereocenters. The number of hydrogen-bond donors (Lipinski definition) is 1. The van der Waals surface area contributed by atoms with Gasteiger partial charge in [0.1, 0.15) is 0 Å². The van der Waals surface area contributed by atoms with Crippen LogP contribution in [-0.4, -0.2) is 6.54 Å². The minimum Gasteiger partial charge on any atom is -0.330 e. The summed E-state index contributed by atoms with van der Waals surface area (Å²) in [5.41, 5.74) is 5.39. The highest BCUT2D eigenvalue weighted by Crippen LogP contribution is 2.47. The van der Waals surface area contributed by atoms with E-state index in [2.05, 4.69) is 13.8 Å². The SMILES string of the molecule is C[C@@H]1C(CCN)[C@H]1C. The van der Waals surface area contributed by atoms with Crippen molar-refractivity contribution in [2.24, 2.45) is 23.5 Å². The van der Waals surface area contributed by atoms with Crippen molar-refractivity contribution in [3.63, 3.8) is 0 Å². The van der Waals surface area contributed by atoms with E-state index in [1.165, 1.54) is 6.42 Å². The van der Waals surface area contributed by atoms with Crippen molar-refractivity contribution < 1.29 is 0 Å². The smallest absolute Gasteiger partial charge is 0.00744 e. The molecule has 0 aliphatic heterocycles. The maximum absolute atomic E-state index is 5.39. The average Bonchev–Trinajstić information content (AvgIpc) is 2.25. The molecule has 0 radical (unpaired) electrons. The zero-order chi connectivity index (χ0) is 6.15. The second-order valence-electron chi connectivity index (χ2n) is 2.96. The van der Waals surface area contributed by atoms with Crippen LogP contribution in [0.4, 0.5) is 0 Å². The first kappa shape index (κ1) is 6.09. The monoisotopic (exact) mass is 113 g/mol. The van der Waals surface area contributed by atoms with Crippen LogP contribution in [0.3, 0.4) is 0 Å². The summed E-state index contributed by atoms with van der Waals surface area (Å²) in [4.78, 5) is 0. The first-order valence-corrected chi connectivity index (χ1v) is 3.47. The van der Waals surface area contributed by atoms with Crippen LogP contribution >= 0.6 is 0 Å². The molecule has 1 nitrogen and oxygen atoms in total. The Balaban J connectivity index is 2.13. The number of rotatable bonds is 2. The molecule has 1 saturated carbocycles. The number of nitrogens with two attached hydrogens (primary N) is 1. The molecule has 0 unspecified atom stereocenters. The fraction of sp³-hybridized carbons (Fsp3) is 1.00. The lowest BCUT2D eigenvalue weighted by atomic mass is 10.2. The van der Waals surface area contributed by atoms with Crippen LogP contribution in [0.2, 0.25) is 0 Å². The lowest BCUT2D eigenvalue weighted by Crippen LogP contribution is -1.99. The minimum atomic E-state index is 0.874. The van der Waals surface area contributed by atoms with Gasteiger partial charge in [0.2, 0.25) is 0 Å². The summed E-state index contributed by atoms with van der Waals surface area (Å²) in [6.45, 7) is 5.50. The quantitative estimate of drug-likeness (QED) is 0.573. The Morgan fingerprint density at radius 2 is 1.75 bits per heavy atom. The van der Waals surface area contributed by atoms with Gasteiger partial charge in [0.25, 0.3) is 0 Å². The molecule has 1 aliphatic rings. The van der Waals surface area contributed by atoms with Gasteiger partial charge in [-0.2, -0.15) is 0 Å². The second kappa shape index (κ2) is 2.06. The summed E-state index contributed by atoms with van der Waals surface area (Å²) in [6.07, 6.45) is 1.24. The van der Waals surface area contributed by atoms with E-state index in [0.29, 0.717) is 0 Å². The fourth-order valence-electron chi connectivity index (χ4n) is 1.48. The summed E-state index contributed by atoms with van der Waals surface area (Å²) in [7, 11) is 0. The molecule has 0 aromatic rings. The van der Waals surface area contributed by atoms with E-state index in [1.807, 2.05) is 0 Å². The van der Waals surface area contributed by atoms with Crippen molar-refractivity contribution in [1.29, 1.82) is 0 Å². The lowest BCUT2D eigenvalue weighted by Gasteiger charge is -1.88. The van der Waals surface area contributed by atoms with Gasteiger partial charge in [-0.1, -0.05) is 13.8 Å². The van der Waals surface area contributed by atoms with Gasteiger partial charge in [0.15, 0.2) is 0 Å². The van der Waals surface area contributed by atoms with Crippen molar-refractivity contribution in [2.45, 2.75) is 20.3 Å².